The normalized spacial score (nSPS) is 20.0. The smallest absolute Gasteiger partial charge is 0.133 e. The van der Waals surface area contributed by atoms with Crippen molar-refractivity contribution in [3.8, 4) is 5.75 Å². The first-order valence-corrected chi connectivity index (χ1v) is 8.38. The van der Waals surface area contributed by atoms with Gasteiger partial charge in [0.2, 0.25) is 0 Å². The van der Waals surface area contributed by atoms with E-state index in [9.17, 15) is 0 Å². The lowest BCUT2D eigenvalue weighted by molar-refractivity contribution is 0.0601. The summed E-state index contributed by atoms with van der Waals surface area (Å²) in [6.45, 7) is 5.58. The minimum atomic E-state index is 0.210. The molecule has 118 valence electrons. The maximum absolute atomic E-state index is 6.05. The molecule has 4 nitrogen and oxygen atoms in total. The molecule has 2 atom stereocenters. The van der Waals surface area contributed by atoms with Gasteiger partial charge in [-0.2, -0.15) is 0 Å². The highest BCUT2D eigenvalue weighted by Gasteiger charge is 2.24. The standard InChI is InChI=1S/C16H25BrN2O2/c1-3-19(11-13-5-4-8-21-13)15(10-18)12-6-7-16(20-2)14(17)9-12/h6-7,9,13,15H,3-5,8,10-11,18H2,1-2H3. The number of rotatable bonds is 7. The van der Waals surface area contributed by atoms with Crippen LogP contribution in [0.1, 0.15) is 31.4 Å². The maximum atomic E-state index is 6.05. The van der Waals surface area contributed by atoms with Crippen molar-refractivity contribution in [1.29, 1.82) is 0 Å². The number of hydrogen-bond acceptors (Lipinski definition) is 4. The molecule has 21 heavy (non-hydrogen) atoms. The number of hydrogen-bond donors (Lipinski definition) is 1. The Hall–Kier alpha value is -0.620. The number of ether oxygens (including phenoxy) is 2. The van der Waals surface area contributed by atoms with Crippen LogP contribution in [0.2, 0.25) is 0 Å². The fourth-order valence-electron chi connectivity index (χ4n) is 2.91. The second-order valence-corrected chi connectivity index (χ2v) is 6.22. The second-order valence-electron chi connectivity index (χ2n) is 5.37. The summed E-state index contributed by atoms with van der Waals surface area (Å²) in [7, 11) is 1.68. The Morgan fingerprint density at radius 1 is 1.52 bits per heavy atom. The summed E-state index contributed by atoms with van der Waals surface area (Å²) in [5, 5.41) is 0. The lowest BCUT2D eigenvalue weighted by Crippen LogP contribution is -2.38. The highest BCUT2D eigenvalue weighted by molar-refractivity contribution is 9.10. The van der Waals surface area contributed by atoms with Gasteiger partial charge in [-0.25, -0.2) is 0 Å². The SMILES string of the molecule is CCN(CC1CCCO1)C(CN)c1ccc(OC)c(Br)c1. The predicted molar refractivity (Wildman–Crippen MR) is 88.7 cm³/mol. The van der Waals surface area contributed by atoms with E-state index in [4.69, 9.17) is 15.2 Å². The van der Waals surface area contributed by atoms with Gasteiger partial charge in [0.25, 0.3) is 0 Å². The second kappa shape index (κ2) is 8.13. The van der Waals surface area contributed by atoms with E-state index >= 15 is 0 Å². The molecule has 2 N–H and O–H groups in total. The largest absolute Gasteiger partial charge is 0.496 e. The molecular formula is C16H25BrN2O2. The third-order valence-electron chi connectivity index (χ3n) is 4.09. The molecule has 1 aliphatic heterocycles. The molecule has 5 heteroatoms. The first-order chi connectivity index (χ1) is 10.2. The summed E-state index contributed by atoms with van der Waals surface area (Å²) >= 11 is 3.56. The molecule has 0 amide bonds. The van der Waals surface area contributed by atoms with Crippen molar-refractivity contribution < 1.29 is 9.47 Å². The Labute approximate surface area is 135 Å². The number of halogens is 1. The molecule has 0 aromatic heterocycles. The molecule has 0 radical (unpaired) electrons. The number of benzene rings is 1. The van der Waals surface area contributed by atoms with E-state index in [0.29, 0.717) is 12.6 Å². The Morgan fingerprint density at radius 2 is 2.33 bits per heavy atom. The van der Waals surface area contributed by atoms with Gasteiger partial charge >= 0.3 is 0 Å². The molecule has 0 bridgehead atoms. The van der Waals surface area contributed by atoms with Crippen molar-refractivity contribution in [3.63, 3.8) is 0 Å². The summed E-state index contributed by atoms with van der Waals surface area (Å²) in [4.78, 5) is 2.41. The first-order valence-electron chi connectivity index (χ1n) is 7.58. The zero-order valence-corrected chi connectivity index (χ0v) is 14.4. The number of nitrogens with two attached hydrogens (primary N) is 1. The third-order valence-corrected chi connectivity index (χ3v) is 4.71. The zero-order chi connectivity index (χ0) is 15.2. The van der Waals surface area contributed by atoms with Crippen LogP contribution in [0.5, 0.6) is 5.75 Å². The van der Waals surface area contributed by atoms with Gasteiger partial charge in [-0.15, -0.1) is 0 Å². The summed E-state index contributed by atoms with van der Waals surface area (Å²) in [5.41, 5.74) is 7.26. The average molecular weight is 357 g/mol. The first kappa shape index (κ1) is 16.7. The lowest BCUT2D eigenvalue weighted by Gasteiger charge is -2.32. The Morgan fingerprint density at radius 3 is 2.86 bits per heavy atom. The van der Waals surface area contributed by atoms with Gasteiger partial charge in [0.05, 0.1) is 17.7 Å². The van der Waals surface area contributed by atoms with Crippen molar-refractivity contribution in [2.24, 2.45) is 5.73 Å². The van der Waals surface area contributed by atoms with Crippen molar-refractivity contribution in [3.05, 3.63) is 28.2 Å². The van der Waals surface area contributed by atoms with Crippen LogP contribution in [0.4, 0.5) is 0 Å². The van der Waals surface area contributed by atoms with E-state index in [1.807, 2.05) is 6.07 Å². The number of likely N-dealkylation sites (N-methyl/N-ethyl adjacent to an activating group) is 1. The number of nitrogens with zero attached hydrogens (tertiary/aromatic N) is 1. The van der Waals surface area contributed by atoms with Crippen LogP contribution in [0.15, 0.2) is 22.7 Å². The molecule has 1 heterocycles. The van der Waals surface area contributed by atoms with Crippen LogP contribution in [0.3, 0.4) is 0 Å². The Balaban J connectivity index is 2.13. The topological polar surface area (TPSA) is 47.7 Å². The van der Waals surface area contributed by atoms with E-state index < -0.39 is 0 Å². The predicted octanol–water partition coefficient (Wildman–Crippen LogP) is 2.96. The summed E-state index contributed by atoms with van der Waals surface area (Å²) in [6.07, 6.45) is 2.67. The van der Waals surface area contributed by atoms with Gasteiger partial charge < -0.3 is 15.2 Å². The summed E-state index contributed by atoms with van der Waals surface area (Å²) in [5.74, 6) is 0.844. The van der Waals surface area contributed by atoms with Gasteiger partial charge in [0.1, 0.15) is 5.75 Å². The van der Waals surface area contributed by atoms with E-state index in [2.05, 4.69) is 39.9 Å². The van der Waals surface area contributed by atoms with Gasteiger partial charge in [0, 0.05) is 25.7 Å². The maximum Gasteiger partial charge on any atom is 0.133 e. The van der Waals surface area contributed by atoms with Crippen molar-refractivity contribution in [2.75, 3.05) is 33.4 Å². The lowest BCUT2D eigenvalue weighted by atomic mass is 10.0. The van der Waals surface area contributed by atoms with E-state index in [1.165, 1.54) is 12.0 Å². The van der Waals surface area contributed by atoms with Gasteiger partial charge in [-0.3, -0.25) is 4.90 Å². The fourth-order valence-corrected chi connectivity index (χ4v) is 3.47. The van der Waals surface area contributed by atoms with E-state index in [0.717, 1.165) is 36.3 Å². The molecule has 2 rings (SSSR count). The quantitative estimate of drug-likeness (QED) is 0.815. The van der Waals surface area contributed by atoms with Crippen LogP contribution < -0.4 is 10.5 Å². The van der Waals surface area contributed by atoms with E-state index in [1.54, 1.807) is 7.11 Å². The Bertz CT molecular complexity index is 450. The van der Waals surface area contributed by atoms with Crippen LogP contribution in [-0.4, -0.2) is 44.4 Å². The molecule has 1 aromatic carbocycles. The van der Waals surface area contributed by atoms with E-state index in [-0.39, 0.29) is 6.04 Å². The molecule has 1 saturated heterocycles. The summed E-state index contributed by atoms with van der Waals surface area (Å²) in [6, 6.07) is 6.40. The molecule has 0 aliphatic carbocycles. The molecule has 1 aromatic rings. The average Bonchev–Trinajstić information content (AvgIpc) is 3.00. The van der Waals surface area contributed by atoms with Gasteiger partial charge in [-0.1, -0.05) is 13.0 Å². The van der Waals surface area contributed by atoms with Crippen LogP contribution in [-0.2, 0) is 4.74 Å². The molecule has 1 fully saturated rings. The summed E-state index contributed by atoms with van der Waals surface area (Å²) < 4.78 is 12.0. The fraction of sp³-hybridized carbons (Fsp3) is 0.625. The highest BCUT2D eigenvalue weighted by Crippen LogP contribution is 2.30. The van der Waals surface area contributed by atoms with Crippen LogP contribution >= 0.6 is 15.9 Å². The molecule has 0 spiro atoms. The monoisotopic (exact) mass is 356 g/mol. The minimum absolute atomic E-state index is 0.210. The third kappa shape index (κ3) is 4.19. The van der Waals surface area contributed by atoms with Gasteiger partial charge in [0.15, 0.2) is 0 Å². The molecule has 0 saturated carbocycles. The van der Waals surface area contributed by atoms with Crippen molar-refractivity contribution in [1.82, 2.24) is 4.90 Å². The highest BCUT2D eigenvalue weighted by atomic mass is 79.9. The van der Waals surface area contributed by atoms with Crippen molar-refractivity contribution in [2.45, 2.75) is 31.9 Å². The van der Waals surface area contributed by atoms with Crippen molar-refractivity contribution >= 4 is 15.9 Å². The van der Waals surface area contributed by atoms with Crippen LogP contribution in [0, 0.1) is 0 Å². The van der Waals surface area contributed by atoms with Gasteiger partial charge in [-0.05, 0) is 53.0 Å². The zero-order valence-electron chi connectivity index (χ0n) is 12.8. The Kier molecular flexibility index (Phi) is 6.48. The molecule has 1 aliphatic rings. The molecular weight excluding hydrogens is 332 g/mol. The number of methoxy groups -OCH3 is 1. The molecule has 2 unspecified atom stereocenters. The minimum Gasteiger partial charge on any atom is -0.496 e. The van der Waals surface area contributed by atoms with Crippen LogP contribution in [0.25, 0.3) is 0 Å².